The zero-order chi connectivity index (χ0) is 16.6. The average Bonchev–Trinajstić information content (AvgIpc) is 2.87. The highest BCUT2D eigenvalue weighted by Gasteiger charge is 2.30. The number of aromatic nitrogens is 1. The molecular weight excluding hydrogens is 305 g/mol. The predicted molar refractivity (Wildman–Crippen MR) is 82.3 cm³/mol. The van der Waals surface area contributed by atoms with Crippen LogP contribution in [0.3, 0.4) is 0 Å². The van der Waals surface area contributed by atoms with Crippen molar-refractivity contribution < 1.29 is 18.0 Å². The van der Waals surface area contributed by atoms with Crippen molar-refractivity contribution >= 4 is 22.5 Å². The molecule has 0 bridgehead atoms. The topological polar surface area (TPSA) is 34.0 Å². The first kappa shape index (κ1) is 15.1. The number of benzene rings is 2. The normalized spacial score (nSPS) is 11.7. The summed E-state index contributed by atoms with van der Waals surface area (Å²) in [5.74, 6) is -0.451. The molecule has 2 aromatic carbocycles. The van der Waals surface area contributed by atoms with E-state index in [0.717, 1.165) is 23.0 Å². The number of aryl methyl sites for hydroxylation is 1. The van der Waals surface area contributed by atoms with E-state index in [2.05, 4.69) is 5.32 Å². The fraction of sp³-hybridized carbons (Fsp3) is 0.118. The van der Waals surface area contributed by atoms with E-state index in [1.165, 1.54) is 12.1 Å². The molecule has 0 spiro atoms. The molecule has 0 fully saturated rings. The van der Waals surface area contributed by atoms with Gasteiger partial charge < -0.3 is 9.88 Å². The molecule has 1 amide bonds. The van der Waals surface area contributed by atoms with Crippen LogP contribution in [-0.2, 0) is 13.2 Å². The van der Waals surface area contributed by atoms with E-state index >= 15 is 0 Å². The largest absolute Gasteiger partial charge is 0.416 e. The predicted octanol–water partition coefficient (Wildman–Crippen LogP) is 4.45. The Hall–Kier alpha value is -2.76. The van der Waals surface area contributed by atoms with Gasteiger partial charge in [0.1, 0.15) is 0 Å². The smallest absolute Gasteiger partial charge is 0.351 e. The molecule has 3 rings (SSSR count). The third-order valence-electron chi connectivity index (χ3n) is 3.60. The van der Waals surface area contributed by atoms with Gasteiger partial charge in [0.25, 0.3) is 5.91 Å². The van der Waals surface area contributed by atoms with E-state index in [4.69, 9.17) is 0 Å². The van der Waals surface area contributed by atoms with Crippen LogP contribution in [0.2, 0.25) is 0 Å². The number of halogens is 3. The molecule has 3 nitrogen and oxygen atoms in total. The van der Waals surface area contributed by atoms with Crippen LogP contribution in [0, 0.1) is 0 Å². The van der Waals surface area contributed by atoms with E-state index in [0.29, 0.717) is 5.56 Å². The molecule has 0 radical (unpaired) electrons. The fourth-order valence-corrected chi connectivity index (χ4v) is 2.38. The minimum atomic E-state index is -4.44. The molecule has 23 heavy (non-hydrogen) atoms. The Morgan fingerprint density at radius 1 is 1.09 bits per heavy atom. The van der Waals surface area contributed by atoms with Gasteiger partial charge in [0.15, 0.2) is 0 Å². The maximum atomic E-state index is 12.7. The summed E-state index contributed by atoms with van der Waals surface area (Å²) in [4.78, 5) is 12.3. The first-order valence-electron chi connectivity index (χ1n) is 6.88. The molecule has 6 heteroatoms. The van der Waals surface area contributed by atoms with Crippen molar-refractivity contribution in [3.8, 4) is 0 Å². The molecule has 1 aromatic heterocycles. The van der Waals surface area contributed by atoms with Gasteiger partial charge >= 0.3 is 6.18 Å². The summed E-state index contributed by atoms with van der Waals surface area (Å²) < 4.78 is 40.0. The number of alkyl halides is 3. The third-order valence-corrected chi connectivity index (χ3v) is 3.60. The van der Waals surface area contributed by atoms with Gasteiger partial charge in [-0.15, -0.1) is 0 Å². The van der Waals surface area contributed by atoms with E-state index in [1.54, 1.807) is 18.2 Å². The number of fused-ring (bicyclic) bond motifs is 1. The highest BCUT2D eigenvalue weighted by molar-refractivity contribution is 6.06. The number of anilines is 1. The molecule has 0 unspecified atom stereocenters. The summed E-state index contributed by atoms with van der Waals surface area (Å²) in [5, 5.41) is 3.49. The summed E-state index contributed by atoms with van der Waals surface area (Å²) in [6.45, 7) is 0. The lowest BCUT2D eigenvalue weighted by Gasteiger charge is -2.10. The van der Waals surface area contributed by atoms with E-state index in [9.17, 15) is 18.0 Å². The number of nitrogens with one attached hydrogen (secondary N) is 1. The SMILES string of the molecule is Cn1ccc2ccc(C(=O)Nc3cccc(C(F)(F)F)c3)cc21. The molecule has 1 N–H and O–H groups in total. The van der Waals surface area contributed by atoms with Gasteiger partial charge in [-0.2, -0.15) is 13.2 Å². The van der Waals surface area contributed by atoms with Gasteiger partial charge in [0.05, 0.1) is 5.56 Å². The summed E-state index contributed by atoms with van der Waals surface area (Å²) >= 11 is 0. The fourth-order valence-electron chi connectivity index (χ4n) is 2.38. The summed E-state index contributed by atoms with van der Waals surface area (Å²) in [7, 11) is 1.86. The molecule has 0 aliphatic heterocycles. The van der Waals surface area contributed by atoms with Gasteiger partial charge in [-0.1, -0.05) is 12.1 Å². The molecule has 118 valence electrons. The van der Waals surface area contributed by atoms with Gasteiger partial charge in [-0.3, -0.25) is 4.79 Å². The van der Waals surface area contributed by atoms with Crippen LogP contribution in [0.15, 0.2) is 54.7 Å². The number of carbonyl (C=O) groups excluding carboxylic acids is 1. The zero-order valence-electron chi connectivity index (χ0n) is 12.2. The maximum Gasteiger partial charge on any atom is 0.416 e. The lowest BCUT2D eigenvalue weighted by atomic mass is 10.1. The minimum Gasteiger partial charge on any atom is -0.351 e. The Kier molecular flexibility index (Phi) is 3.60. The Morgan fingerprint density at radius 2 is 1.87 bits per heavy atom. The number of nitrogens with zero attached hydrogens (tertiary/aromatic N) is 1. The monoisotopic (exact) mass is 318 g/mol. The quantitative estimate of drug-likeness (QED) is 0.744. The first-order chi connectivity index (χ1) is 10.8. The molecule has 1 heterocycles. The highest BCUT2D eigenvalue weighted by Crippen LogP contribution is 2.30. The third kappa shape index (κ3) is 3.06. The number of carbonyl (C=O) groups is 1. The van der Waals surface area contributed by atoms with Crippen molar-refractivity contribution in [2.45, 2.75) is 6.18 Å². The lowest BCUT2D eigenvalue weighted by molar-refractivity contribution is -0.137. The minimum absolute atomic E-state index is 0.108. The number of hydrogen-bond donors (Lipinski definition) is 1. The van der Waals surface area contributed by atoms with Crippen LogP contribution in [0.1, 0.15) is 15.9 Å². The lowest BCUT2D eigenvalue weighted by Crippen LogP contribution is -2.13. The maximum absolute atomic E-state index is 12.7. The molecule has 0 atom stereocenters. The summed E-state index contributed by atoms with van der Waals surface area (Å²) in [6.07, 6.45) is -2.57. The second-order valence-corrected chi connectivity index (χ2v) is 5.23. The number of amides is 1. The number of hydrogen-bond acceptors (Lipinski definition) is 1. The highest BCUT2D eigenvalue weighted by atomic mass is 19.4. The molecule has 0 aliphatic rings. The van der Waals surface area contributed by atoms with Crippen LogP contribution < -0.4 is 5.32 Å². The molecule has 0 saturated heterocycles. The van der Waals surface area contributed by atoms with Crippen LogP contribution in [0.4, 0.5) is 18.9 Å². The van der Waals surface area contributed by atoms with Crippen molar-refractivity contribution in [3.63, 3.8) is 0 Å². The van der Waals surface area contributed by atoms with Crippen molar-refractivity contribution in [1.29, 1.82) is 0 Å². The number of rotatable bonds is 2. The van der Waals surface area contributed by atoms with Crippen LogP contribution >= 0.6 is 0 Å². The Labute approximate surface area is 130 Å². The van der Waals surface area contributed by atoms with Crippen molar-refractivity contribution in [2.24, 2.45) is 7.05 Å². The van der Waals surface area contributed by atoms with Crippen LogP contribution in [0.25, 0.3) is 10.9 Å². The van der Waals surface area contributed by atoms with E-state index < -0.39 is 17.6 Å². The van der Waals surface area contributed by atoms with E-state index in [-0.39, 0.29) is 5.69 Å². The Balaban J connectivity index is 1.87. The zero-order valence-corrected chi connectivity index (χ0v) is 12.2. The second kappa shape index (κ2) is 5.46. The van der Waals surface area contributed by atoms with Gasteiger partial charge in [0, 0.05) is 30.0 Å². The molecule has 3 aromatic rings. The first-order valence-corrected chi connectivity index (χ1v) is 6.88. The Bertz CT molecular complexity index is 881. The second-order valence-electron chi connectivity index (χ2n) is 5.23. The summed E-state index contributed by atoms with van der Waals surface area (Å²) in [5.41, 5.74) is 0.573. The van der Waals surface area contributed by atoms with Gasteiger partial charge in [-0.05, 0) is 41.8 Å². The van der Waals surface area contributed by atoms with Crippen molar-refractivity contribution in [2.75, 3.05) is 5.32 Å². The standard InChI is InChI=1S/C17H13F3N2O/c1-22-8-7-11-5-6-12(9-15(11)22)16(23)21-14-4-2-3-13(10-14)17(18,19)20/h2-10H,1H3,(H,21,23). The molecule has 0 saturated carbocycles. The van der Waals surface area contributed by atoms with Crippen molar-refractivity contribution in [3.05, 3.63) is 65.9 Å². The Morgan fingerprint density at radius 3 is 2.61 bits per heavy atom. The molecule has 0 aliphatic carbocycles. The summed E-state index contributed by atoms with van der Waals surface area (Å²) in [6, 6.07) is 11.6. The van der Waals surface area contributed by atoms with Crippen molar-refractivity contribution in [1.82, 2.24) is 4.57 Å². The van der Waals surface area contributed by atoms with Crippen LogP contribution in [0.5, 0.6) is 0 Å². The van der Waals surface area contributed by atoms with Crippen LogP contribution in [-0.4, -0.2) is 10.5 Å². The van der Waals surface area contributed by atoms with E-state index in [1.807, 2.05) is 23.9 Å². The average molecular weight is 318 g/mol. The molecular formula is C17H13F3N2O. The van der Waals surface area contributed by atoms with Gasteiger partial charge in [0.2, 0.25) is 0 Å². The van der Waals surface area contributed by atoms with Gasteiger partial charge in [-0.25, -0.2) is 0 Å².